The van der Waals surface area contributed by atoms with Crippen molar-refractivity contribution in [3.05, 3.63) is 32.6 Å². The van der Waals surface area contributed by atoms with E-state index < -0.39 is 48.6 Å². The molecule has 0 spiro atoms. The van der Waals surface area contributed by atoms with Gasteiger partial charge < -0.3 is 19.7 Å². The number of H-pyrrole nitrogens is 1. The third kappa shape index (κ3) is 2.81. The Labute approximate surface area is 116 Å². The Morgan fingerprint density at radius 2 is 2.24 bits per heavy atom. The largest absolute Gasteiger partial charge is 0.506 e. The number of aryl methyl sites for hydroxylation is 1. The van der Waals surface area contributed by atoms with Gasteiger partial charge in [-0.3, -0.25) is 14.3 Å². The minimum atomic E-state index is -2.01. The van der Waals surface area contributed by atoms with Crippen molar-refractivity contribution in [2.75, 3.05) is 6.61 Å². The first-order valence-electron chi connectivity index (χ1n) is 5.97. The number of aromatic amines is 1. The van der Waals surface area contributed by atoms with Crippen LogP contribution in [0.2, 0.25) is 0 Å². The molecule has 0 radical (unpaired) electrons. The molecule has 0 saturated carbocycles. The number of nitrogens with zero attached hydrogens (tertiary/aromatic N) is 1. The number of aliphatic hydroxyl groups excluding tert-OH is 1. The Morgan fingerprint density at radius 3 is 2.81 bits per heavy atom. The second kappa shape index (κ2) is 5.66. The molecule has 0 aliphatic carbocycles. The number of halogens is 1. The van der Waals surface area contributed by atoms with Gasteiger partial charge in [0.2, 0.25) is 0 Å². The molecule has 0 amide bonds. The second-order valence-corrected chi connectivity index (χ2v) is 4.52. The van der Waals surface area contributed by atoms with Crippen LogP contribution in [0.3, 0.4) is 0 Å². The molecule has 0 aromatic carbocycles. The molecule has 3 N–H and O–H groups in total. The van der Waals surface area contributed by atoms with Gasteiger partial charge in [0.1, 0.15) is 6.10 Å². The van der Waals surface area contributed by atoms with Crippen molar-refractivity contribution in [2.24, 2.45) is 0 Å². The lowest BCUT2D eigenvalue weighted by atomic mass is 10.1. The smallest absolute Gasteiger partial charge is 0.450 e. The number of carboxylic acid groups (broad SMARTS) is 1. The number of aromatic nitrogens is 2. The highest BCUT2D eigenvalue weighted by Gasteiger charge is 2.48. The quantitative estimate of drug-likeness (QED) is 0.619. The molecule has 116 valence electrons. The number of alkyl halides is 1. The average molecular weight is 304 g/mol. The predicted octanol–water partition coefficient (Wildman–Crippen LogP) is -0.864. The topological polar surface area (TPSA) is 131 Å². The van der Waals surface area contributed by atoms with Crippen LogP contribution < -0.4 is 11.2 Å². The summed E-state index contributed by atoms with van der Waals surface area (Å²) in [6.07, 6.45) is -6.97. The maximum atomic E-state index is 14.3. The summed E-state index contributed by atoms with van der Waals surface area (Å²) >= 11 is 0. The molecule has 1 aliphatic rings. The zero-order valence-electron chi connectivity index (χ0n) is 10.9. The zero-order valence-corrected chi connectivity index (χ0v) is 10.9. The van der Waals surface area contributed by atoms with Crippen LogP contribution in [0.15, 0.2) is 15.8 Å². The number of nitrogens with one attached hydrogen (secondary N) is 1. The molecular formula is C11H13FN2O7. The van der Waals surface area contributed by atoms with Gasteiger partial charge in [-0.2, -0.15) is 0 Å². The minimum absolute atomic E-state index is 0.147. The van der Waals surface area contributed by atoms with Gasteiger partial charge in [0.05, 0.1) is 6.61 Å². The van der Waals surface area contributed by atoms with Gasteiger partial charge in [-0.1, -0.05) is 0 Å². The van der Waals surface area contributed by atoms with Crippen LogP contribution in [0.25, 0.3) is 0 Å². The number of ether oxygens (including phenoxy) is 2. The van der Waals surface area contributed by atoms with Crippen molar-refractivity contribution >= 4 is 6.16 Å². The summed E-state index contributed by atoms with van der Waals surface area (Å²) in [5.41, 5.74) is -1.39. The van der Waals surface area contributed by atoms with Crippen LogP contribution in [0.5, 0.6) is 0 Å². The Balaban J connectivity index is 2.37. The first-order chi connectivity index (χ1) is 9.85. The summed E-state index contributed by atoms with van der Waals surface area (Å²) in [5.74, 6) is 0. The van der Waals surface area contributed by atoms with Gasteiger partial charge in [-0.25, -0.2) is 14.0 Å². The molecule has 1 aromatic rings. The van der Waals surface area contributed by atoms with Crippen LogP contribution >= 0.6 is 0 Å². The maximum Gasteiger partial charge on any atom is 0.506 e. The number of aliphatic hydroxyl groups is 1. The van der Waals surface area contributed by atoms with E-state index in [0.717, 1.165) is 10.8 Å². The number of rotatable bonds is 3. The molecule has 1 aliphatic heterocycles. The van der Waals surface area contributed by atoms with Crippen LogP contribution in [-0.4, -0.2) is 50.9 Å². The van der Waals surface area contributed by atoms with E-state index >= 15 is 0 Å². The van der Waals surface area contributed by atoms with Gasteiger partial charge >= 0.3 is 11.8 Å². The van der Waals surface area contributed by atoms with Gasteiger partial charge in [0.25, 0.3) is 5.56 Å². The van der Waals surface area contributed by atoms with E-state index in [4.69, 9.17) is 14.9 Å². The summed E-state index contributed by atoms with van der Waals surface area (Å²) in [5, 5.41) is 17.6. The lowest BCUT2D eigenvalue weighted by molar-refractivity contribution is -0.0545. The van der Waals surface area contributed by atoms with E-state index in [1.807, 2.05) is 4.98 Å². The van der Waals surface area contributed by atoms with Crippen molar-refractivity contribution in [3.63, 3.8) is 0 Å². The molecule has 9 nitrogen and oxygen atoms in total. The summed E-state index contributed by atoms with van der Waals surface area (Å²) in [6.45, 7) is 0.720. The third-order valence-electron chi connectivity index (χ3n) is 3.10. The summed E-state index contributed by atoms with van der Waals surface area (Å²) in [7, 11) is 0. The SMILES string of the molecule is Cc1cn(C2OC(CO)C(OC(=O)O)C2F)c(=O)[nH]c1=O. The van der Waals surface area contributed by atoms with Crippen molar-refractivity contribution in [1.82, 2.24) is 9.55 Å². The Morgan fingerprint density at radius 1 is 1.57 bits per heavy atom. The van der Waals surface area contributed by atoms with Gasteiger partial charge in [-0.15, -0.1) is 0 Å². The first kappa shape index (κ1) is 15.2. The molecule has 1 saturated heterocycles. The van der Waals surface area contributed by atoms with Crippen LogP contribution in [0.1, 0.15) is 11.8 Å². The lowest BCUT2D eigenvalue weighted by Crippen LogP contribution is -2.38. The minimum Gasteiger partial charge on any atom is -0.450 e. The summed E-state index contributed by atoms with van der Waals surface area (Å²) in [4.78, 5) is 35.5. The molecule has 1 fully saturated rings. The molecule has 2 rings (SSSR count). The highest BCUT2D eigenvalue weighted by atomic mass is 19.1. The van der Waals surface area contributed by atoms with Crippen molar-refractivity contribution in [3.8, 4) is 0 Å². The van der Waals surface area contributed by atoms with Gasteiger partial charge in [0.15, 0.2) is 18.5 Å². The highest BCUT2D eigenvalue weighted by molar-refractivity contribution is 5.57. The van der Waals surface area contributed by atoms with Crippen molar-refractivity contribution < 1.29 is 28.9 Å². The van der Waals surface area contributed by atoms with Gasteiger partial charge in [-0.05, 0) is 6.92 Å². The molecular weight excluding hydrogens is 291 g/mol. The third-order valence-corrected chi connectivity index (χ3v) is 3.10. The van der Waals surface area contributed by atoms with E-state index in [2.05, 4.69) is 4.74 Å². The fourth-order valence-electron chi connectivity index (χ4n) is 2.10. The normalized spacial score (nSPS) is 28.5. The molecule has 0 bridgehead atoms. The lowest BCUT2D eigenvalue weighted by Gasteiger charge is -2.16. The number of hydrogen-bond donors (Lipinski definition) is 3. The Kier molecular flexibility index (Phi) is 4.09. The highest BCUT2D eigenvalue weighted by Crippen LogP contribution is 2.32. The zero-order chi connectivity index (χ0) is 15.7. The van der Waals surface area contributed by atoms with E-state index in [1.54, 1.807) is 0 Å². The van der Waals surface area contributed by atoms with Crippen molar-refractivity contribution in [1.29, 1.82) is 0 Å². The van der Waals surface area contributed by atoms with Crippen LogP contribution in [0.4, 0.5) is 9.18 Å². The first-order valence-corrected chi connectivity index (χ1v) is 5.97. The molecule has 4 atom stereocenters. The van der Waals surface area contributed by atoms with E-state index in [0.29, 0.717) is 0 Å². The molecule has 10 heteroatoms. The predicted molar refractivity (Wildman–Crippen MR) is 64.8 cm³/mol. The molecule has 1 aromatic heterocycles. The number of hydrogen-bond acceptors (Lipinski definition) is 6. The fraction of sp³-hybridized carbons (Fsp3) is 0.545. The number of carbonyl (C=O) groups is 1. The summed E-state index contributed by atoms with van der Waals surface area (Å²) in [6, 6.07) is 0. The molecule has 4 unspecified atom stereocenters. The average Bonchev–Trinajstić information content (AvgIpc) is 2.71. The fourth-order valence-corrected chi connectivity index (χ4v) is 2.10. The van der Waals surface area contributed by atoms with Gasteiger partial charge in [0, 0.05) is 11.8 Å². The van der Waals surface area contributed by atoms with Crippen LogP contribution in [0, 0.1) is 6.92 Å². The van der Waals surface area contributed by atoms with E-state index in [1.165, 1.54) is 6.92 Å². The standard InChI is InChI=1S/C11H13FN2O7/c1-4-2-14(10(17)13-8(4)16)9-6(12)7(21-11(18)19)5(3-15)20-9/h2,5-7,9,15H,3H2,1H3,(H,18,19)(H,13,16,17). The summed E-state index contributed by atoms with van der Waals surface area (Å²) < 4.78 is 24.5. The molecule has 2 heterocycles. The molecule has 21 heavy (non-hydrogen) atoms. The van der Waals surface area contributed by atoms with Crippen LogP contribution in [-0.2, 0) is 9.47 Å². The Bertz CT molecular complexity index is 655. The Hall–Kier alpha value is -2.20. The van der Waals surface area contributed by atoms with Crippen molar-refractivity contribution in [2.45, 2.75) is 31.5 Å². The monoisotopic (exact) mass is 304 g/mol. The van der Waals surface area contributed by atoms with E-state index in [-0.39, 0.29) is 5.56 Å². The second-order valence-electron chi connectivity index (χ2n) is 4.52. The maximum absolute atomic E-state index is 14.3. The van der Waals surface area contributed by atoms with E-state index in [9.17, 15) is 18.8 Å².